The maximum absolute atomic E-state index is 12.3. The first-order valence-electron chi connectivity index (χ1n) is 8.69. The smallest absolute Gasteiger partial charge is 0.405 e. The topological polar surface area (TPSA) is 137 Å². The lowest BCUT2D eigenvalue weighted by atomic mass is 10.0. The molecule has 0 aliphatic rings. The van der Waals surface area contributed by atoms with Gasteiger partial charge in [-0.1, -0.05) is 30.3 Å². The van der Waals surface area contributed by atoms with E-state index >= 15 is 0 Å². The fourth-order valence-corrected chi connectivity index (χ4v) is 2.43. The molecular formula is C18H26N4O5. The van der Waals surface area contributed by atoms with E-state index in [9.17, 15) is 19.2 Å². The molecule has 0 bridgehead atoms. The highest BCUT2D eigenvalue weighted by molar-refractivity contribution is 6.38. The predicted octanol–water partition coefficient (Wildman–Crippen LogP) is 1.17. The summed E-state index contributed by atoms with van der Waals surface area (Å²) >= 11 is 0. The van der Waals surface area contributed by atoms with Crippen molar-refractivity contribution in [3.8, 4) is 0 Å². The highest BCUT2D eigenvalue weighted by Crippen LogP contribution is 2.11. The molecule has 148 valence electrons. The zero-order valence-electron chi connectivity index (χ0n) is 15.5. The molecule has 0 heterocycles. The van der Waals surface area contributed by atoms with Crippen molar-refractivity contribution in [3.63, 3.8) is 0 Å². The SMILES string of the molecule is CNC(=O)NCCCCC(NC(=O)O)C(=O)C(=O)N[C@H](C)c1ccccc1. The third-order valence-corrected chi connectivity index (χ3v) is 3.92. The van der Waals surface area contributed by atoms with Gasteiger partial charge in [0.05, 0.1) is 6.04 Å². The number of hydrogen-bond acceptors (Lipinski definition) is 4. The second-order valence-corrected chi connectivity index (χ2v) is 5.97. The summed E-state index contributed by atoms with van der Waals surface area (Å²) in [7, 11) is 1.50. The van der Waals surface area contributed by atoms with Crippen molar-refractivity contribution < 1.29 is 24.3 Å². The van der Waals surface area contributed by atoms with Crippen LogP contribution in [0.25, 0.3) is 0 Å². The zero-order chi connectivity index (χ0) is 20.2. The molecule has 0 radical (unpaired) electrons. The fraction of sp³-hybridized carbons (Fsp3) is 0.444. The van der Waals surface area contributed by atoms with Crippen molar-refractivity contribution in [2.45, 2.75) is 38.3 Å². The average molecular weight is 378 g/mol. The fourth-order valence-electron chi connectivity index (χ4n) is 2.43. The van der Waals surface area contributed by atoms with Crippen LogP contribution in [0.15, 0.2) is 30.3 Å². The van der Waals surface area contributed by atoms with E-state index in [1.807, 2.05) is 30.3 Å². The second-order valence-electron chi connectivity index (χ2n) is 5.97. The minimum Gasteiger partial charge on any atom is -0.465 e. The van der Waals surface area contributed by atoms with Crippen LogP contribution in [0.1, 0.15) is 37.8 Å². The summed E-state index contributed by atoms with van der Waals surface area (Å²) in [5.41, 5.74) is 0.835. The van der Waals surface area contributed by atoms with Crippen molar-refractivity contribution in [1.29, 1.82) is 0 Å². The van der Waals surface area contributed by atoms with E-state index in [1.54, 1.807) is 6.92 Å². The van der Waals surface area contributed by atoms with Gasteiger partial charge in [0.2, 0.25) is 5.78 Å². The number of ketones is 1. The van der Waals surface area contributed by atoms with Crippen LogP contribution in [-0.4, -0.2) is 48.6 Å². The Bertz CT molecular complexity index is 650. The molecule has 9 heteroatoms. The normalized spacial score (nSPS) is 12.4. The van der Waals surface area contributed by atoms with Crippen molar-refractivity contribution in [1.82, 2.24) is 21.3 Å². The standard InChI is InChI=1S/C18H26N4O5/c1-12(13-8-4-3-5-9-13)21-16(24)15(23)14(22-18(26)27)10-6-7-11-20-17(25)19-2/h3-5,8-9,12,14,22H,6-7,10-11H2,1-2H3,(H,21,24)(H,26,27)(H2,19,20,25)/t12-,14?/m1/s1. The molecule has 1 aromatic rings. The first kappa shape index (κ1) is 21.9. The van der Waals surface area contributed by atoms with Gasteiger partial charge in [-0.3, -0.25) is 9.59 Å². The van der Waals surface area contributed by atoms with Crippen LogP contribution in [0.5, 0.6) is 0 Å². The van der Waals surface area contributed by atoms with Crippen LogP contribution in [0, 0.1) is 0 Å². The Morgan fingerprint density at radius 2 is 1.70 bits per heavy atom. The monoisotopic (exact) mass is 378 g/mol. The Kier molecular flexibility index (Phi) is 9.35. The number of carboxylic acid groups (broad SMARTS) is 1. The van der Waals surface area contributed by atoms with Gasteiger partial charge in [0.15, 0.2) is 0 Å². The molecular weight excluding hydrogens is 352 g/mol. The molecule has 0 aromatic heterocycles. The number of benzene rings is 1. The Balaban J connectivity index is 2.56. The number of amides is 4. The summed E-state index contributed by atoms with van der Waals surface area (Å²) < 4.78 is 0. The molecule has 0 aliphatic heterocycles. The number of Topliss-reactive ketones (excluding diaryl/α,β-unsaturated/α-hetero) is 1. The summed E-state index contributed by atoms with van der Waals surface area (Å²) in [6.45, 7) is 2.12. The van der Waals surface area contributed by atoms with Gasteiger partial charge in [-0.25, -0.2) is 9.59 Å². The minimum atomic E-state index is -1.37. The van der Waals surface area contributed by atoms with Crippen molar-refractivity contribution >= 4 is 23.8 Å². The predicted molar refractivity (Wildman–Crippen MR) is 99.3 cm³/mol. The Labute approximate surface area is 157 Å². The van der Waals surface area contributed by atoms with E-state index in [1.165, 1.54) is 7.05 Å². The van der Waals surface area contributed by atoms with E-state index in [4.69, 9.17) is 5.11 Å². The van der Waals surface area contributed by atoms with Gasteiger partial charge in [0.25, 0.3) is 5.91 Å². The number of nitrogens with one attached hydrogen (secondary N) is 4. The van der Waals surface area contributed by atoms with Crippen molar-refractivity contribution in [2.24, 2.45) is 0 Å². The highest BCUT2D eigenvalue weighted by atomic mass is 16.4. The van der Waals surface area contributed by atoms with Gasteiger partial charge in [0.1, 0.15) is 6.04 Å². The maximum Gasteiger partial charge on any atom is 0.405 e. The number of carbonyl (C=O) groups excluding carboxylic acids is 3. The minimum absolute atomic E-state index is 0.160. The van der Waals surface area contributed by atoms with Gasteiger partial charge in [-0.15, -0.1) is 0 Å². The summed E-state index contributed by atoms with van der Waals surface area (Å²) in [5, 5.41) is 18.6. The maximum atomic E-state index is 12.3. The largest absolute Gasteiger partial charge is 0.465 e. The van der Waals surface area contributed by atoms with E-state index in [2.05, 4.69) is 21.3 Å². The van der Waals surface area contributed by atoms with E-state index < -0.39 is 23.8 Å². The van der Waals surface area contributed by atoms with Crippen LogP contribution < -0.4 is 21.3 Å². The lowest BCUT2D eigenvalue weighted by Crippen LogP contribution is -2.47. The number of unbranched alkanes of at least 4 members (excludes halogenated alkanes) is 1. The van der Waals surface area contributed by atoms with Gasteiger partial charge in [-0.2, -0.15) is 0 Å². The lowest BCUT2D eigenvalue weighted by molar-refractivity contribution is -0.139. The highest BCUT2D eigenvalue weighted by Gasteiger charge is 2.27. The van der Waals surface area contributed by atoms with Crippen LogP contribution in [0.2, 0.25) is 0 Å². The molecule has 4 amide bonds. The third-order valence-electron chi connectivity index (χ3n) is 3.92. The molecule has 1 unspecified atom stereocenters. The van der Waals surface area contributed by atoms with E-state index in [0.29, 0.717) is 19.4 Å². The first-order valence-corrected chi connectivity index (χ1v) is 8.69. The molecule has 0 aliphatic carbocycles. The van der Waals surface area contributed by atoms with E-state index in [-0.39, 0.29) is 18.5 Å². The first-order chi connectivity index (χ1) is 12.8. The van der Waals surface area contributed by atoms with Crippen LogP contribution in [0.3, 0.4) is 0 Å². The molecule has 0 spiro atoms. The van der Waals surface area contributed by atoms with Crippen LogP contribution in [0.4, 0.5) is 9.59 Å². The summed E-state index contributed by atoms with van der Waals surface area (Å²) in [5.74, 6) is -1.67. The Morgan fingerprint density at radius 3 is 2.30 bits per heavy atom. The number of hydrogen-bond donors (Lipinski definition) is 5. The van der Waals surface area contributed by atoms with Gasteiger partial charge in [-0.05, 0) is 31.7 Å². The number of carbonyl (C=O) groups is 4. The molecule has 5 N–H and O–H groups in total. The molecule has 2 atom stereocenters. The third kappa shape index (κ3) is 8.21. The molecule has 0 saturated carbocycles. The summed E-state index contributed by atoms with van der Waals surface area (Å²) in [6.07, 6.45) is -0.211. The lowest BCUT2D eigenvalue weighted by Gasteiger charge is -2.18. The molecule has 0 fully saturated rings. The summed E-state index contributed by atoms with van der Waals surface area (Å²) in [6, 6.07) is 7.29. The van der Waals surface area contributed by atoms with Gasteiger partial charge < -0.3 is 26.4 Å². The summed E-state index contributed by atoms with van der Waals surface area (Å²) in [4.78, 5) is 46.5. The molecule has 27 heavy (non-hydrogen) atoms. The van der Waals surface area contributed by atoms with Gasteiger partial charge in [0, 0.05) is 13.6 Å². The molecule has 1 rings (SSSR count). The average Bonchev–Trinajstić information content (AvgIpc) is 2.66. The van der Waals surface area contributed by atoms with Crippen LogP contribution >= 0.6 is 0 Å². The quantitative estimate of drug-likeness (QED) is 0.307. The van der Waals surface area contributed by atoms with Crippen LogP contribution in [-0.2, 0) is 9.59 Å². The van der Waals surface area contributed by atoms with Crippen molar-refractivity contribution in [2.75, 3.05) is 13.6 Å². The molecule has 0 saturated heterocycles. The number of rotatable bonds is 10. The molecule has 1 aromatic carbocycles. The van der Waals surface area contributed by atoms with Gasteiger partial charge >= 0.3 is 12.1 Å². The Hall–Kier alpha value is -3.10. The van der Waals surface area contributed by atoms with Crippen molar-refractivity contribution in [3.05, 3.63) is 35.9 Å². The zero-order valence-corrected chi connectivity index (χ0v) is 15.5. The van der Waals surface area contributed by atoms with E-state index in [0.717, 1.165) is 5.56 Å². The Morgan fingerprint density at radius 1 is 1.04 bits per heavy atom. The number of urea groups is 1. The molecule has 9 nitrogen and oxygen atoms in total. The second kappa shape index (κ2) is 11.5.